The summed E-state index contributed by atoms with van der Waals surface area (Å²) in [7, 11) is 0. The number of aromatic amines is 1. The Morgan fingerprint density at radius 2 is 1.91 bits per heavy atom. The van der Waals surface area contributed by atoms with Crippen LogP contribution in [0.15, 0.2) is 78.2 Å². The van der Waals surface area contributed by atoms with Crippen LogP contribution < -0.4 is 15.6 Å². The van der Waals surface area contributed by atoms with E-state index < -0.39 is 17.3 Å². The summed E-state index contributed by atoms with van der Waals surface area (Å²) in [6.07, 6.45) is 4.27. The molecule has 0 spiro atoms. The maximum absolute atomic E-state index is 14.7. The van der Waals surface area contributed by atoms with Gasteiger partial charge in [-0.1, -0.05) is 17.7 Å². The van der Waals surface area contributed by atoms with Crippen LogP contribution in [-0.2, 0) is 0 Å². The lowest BCUT2D eigenvalue weighted by Gasteiger charge is -2.10. The summed E-state index contributed by atoms with van der Waals surface area (Å²) in [6, 6.07) is 14.3. The van der Waals surface area contributed by atoms with E-state index in [4.69, 9.17) is 4.74 Å². The zero-order chi connectivity index (χ0) is 23.7. The number of hydrogen-bond acceptors (Lipinski definition) is 6. The lowest BCUT2D eigenvalue weighted by atomic mass is 10.2. The van der Waals surface area contributed by atoms with Crippen LogP contribution in [0.5, 0.6) is 11.6 Å². The standard InChI is InChI=1S/C24H17FN6O3/c1-14-4-7-16(8-5-14)31-10-2-3-17(24(31)33)22(32)30-15-6-9-19(18(25)11-15)34-23-20-21(27-12-26-20)28-13-29-23/h2-13H,1H3,(H,30,32)(H,26,27,28,29). The zero-order valence-corrected chi connectivity index (χ0v) is 17.8. The number of hydrogen-bond donors (Lipinski definition) is 2. The van der Waals surface area contributed by atoms with Gasteiger partial charge in [0, 0.05) is 23.6 Å². The zero-order valence-electron chi connectivity index (χ0n) is 17.8. The molecular formula is C24H17FN6O3. The Labute approximate surface area is 191 Å². The highest BCUT2D eigenvalue weighted by atomic mass is 19.1. The van der Waals surface area contributed by atoms with Gasteiger partial charge in [0.25, 0.3) is 11.5 Å². The molecule has 0 aliphatic carbocycles. The third-order valence-electron chi connectivity index (χ3n) is 5.09. The average Bonchev–Trinajstić information content (AvgIpc) is 3.31. The van der Waals surface area contributed by atoms with Gasteiger partial charge in [-0.25, -0.2) is 14.4 Å². The van der Waals surface area contributed by atoms with E-state index in [0.29, 0.717) is 16.9 Å². The van der Waals surface area contributed by atoms with E-state index in [2.05, 4.69) is 25.3 Å². The molecule has 34 heavy (non-hydrogen) atoms. The van der Waals surface area contributed by atoms with Gasteiger partial charge in [-0.3, -0.25) is 14.2 Å². The fourth-order valence-electron chi connectivity index (χ4n) is 3.36. The summed E-state index contributed by atoms with van der Waals surface area (Å²) in [6.45, 7) is 1.94. The predicted octanol–water partition coefficient (Wildman–Crippen LogP) is 4.00. The molecule has 9 nitrogen and oxygen atoms in total. The minimum Gasteiger partial charge on any atom is -0.434 e. The van der Waals surface area contributed by atoms with E-state index in [0.717, 1.165) is 11.6 Å². The predicted molar refractivity (Wildman–Crippen MR) is 123 cm³/mol. The summed E-state index contributed by atoms with van der Waals surface area (Å²) >= 11 is 0. The van der Waals surface area contributed by atoms with E-state index in [9.17, 15) is 14.0 Å². The van der Waals surface area contributed by atoms with Crippen LogP contribution in [0, 0.1) is 12.7 Å². The number of halogens is 1. The molecule has 0 radical (unpaired) electrons. The smallest absolute Gasteiger partial charge is 0.267 e. The largest absolute Gasteiger partial charge is 0.434 e. The van der Waals surface area contributed by atoms with Crippen molar-refractivity contribution < 1.29 is 13.9 Å². The van der Waals surface area contributed by atoms with E-state index in [1.165, 1.54) is 35.4 Å². The van der Waals surface area contributed by atoms with Gasteiger partial charge in [0.2, 0.25) is 5.88 Å². The molecule has 3 aromatic heterocycles. The molecule has 1 amide bonds. The first kappa shape index (κ1) is 21.0. The molecule has 3 heterocycles. The van der Waals surface area contributed by atoms with Crippen molar-refractivity contribution in [3.8, 4) is 17.3 Å². The monoisotopic (exact) mass is 456 g/mol. The van der Waals surface area contributed by atoms with Gasteiger partial charge in [-0.15, -0.1) is 0 Å². The third-order valence-corrected chi connectivity index (χ3v) is 5.09. The second kappa shape index (κ2) is 8.58. The molecule has 5 rings (SSSR count). The van der Waals surface area contributed by atoms with Crippen molar-refractivity contribution >= 4 is 22.8 Å². The van der Waals surface area contributed by atoms with Gasteiger partial charge in [0.1, 0.15) is 17.4 Å². The van der Waals surface area contributed by atoms with Crippen molar-refractivity contribution in [1.29, 1.82) is 0 Å². The Kier molecular flexibility index (Phi) is 5.30. The highest BCUT2D eigenvalue weighted by Crippen LogP contribution is 2.28. The fraction of sp³-hybridized carbons (Fsp3) is 0.0417. The van der Waals surface area contributed by atoms with Crippen molar-refractivity contribution in [2.75, 3.05) is 5.32 Å². The molecular weight excluding hydrogens is 439 g/mol. The molecule has 5 aromatic rings. The minimum absolute atomic E-state index is 0.0774. The number of aryl methyl sites for hydroxylation is 1. The van der Waals surface area contributed by atoms with E-state index in [-0.39, 0.29) is 22.9 Å². The number of amides is 1. The van der Waals surface area contributed by atoms with Crippen LogP contribution in [0.25, 0.3) is 16.9 Å². The van der Waals surface area contributed by atoms with Crippen LogP contribution in [0.1, 0.15) is 15.9 Å². The summed E-state index contributed by atoms with van der Waals surface area (Å²) in [5.41, 5.74) is 2.09. The first-order chi connectivity index (χ1) is 16.5. The Hall–Kier alpha value is -4.86. The lowest BCUT2D eigenvalue weighted by molar-refractivity contribution is 0.102. The number of pyridine rings is 1. The number of benzene rings is 2. The first-order valence-corrected chi connectivity index (χ1v) is 10.2. The van der Waals surface area contributed by atoms with E-state index in [1.807, 2.05) is 19.1 Å². The molecule has 0 saturated carbocycles. The molecule has 0 unspecified atom stereocenters. The molecule has 0 atom stereocenters. The second-order valence-electron chi connectivity index (χ2n) is 7.41. The molecule has 2 aromatic carbocycles. The number of aromatic nitrogens is 5. The molecule has 10 heteroatoms. The van der Waals surface area contributed by atoms with Crippen LogP contribution in [0.3, 0.4) is 0 Å². The molecule has 0 bridgehead atoms. The van der Waals surface area contributed by atoms with Crippen molar-refractivity contribution in [3.63, 3.8) is 0 Å². The van der Waals surface area contributed by atoms with E-state index >= 15 is 0 Å². The number of ether oxygens (including phenoxy) is 1. The molecule has 0 aliphatic heterocycles. The normalized spacial score (nSPS) is 10.9. The molecule has 0 saturated heterocycles. The third kappa shape index (κ3) is 3.99. The van der Waals surface area contributed by atoms with Crippen molar-refractivity contribution in [2.24, 2.45) is 0 Å². The number of nitrogens with zero attached hydrogens (tertiary/aromatic N) is 4. The molecule has 0 fully saturated rings. The summed E-state index contributed by atoms with van der Waals surface area (Å²) in [4.78, 5) is 40.5. The fourth-order valence-corrected chi connectivity index (χ4v) is 3.36. The van der Waals surface area contributed by atoms with Gasteiger partial charge in [0.05, 0.1) is 6.33 Å². The van der Waals surface area contributed by atoms with Crippen molar-refractivity contribution in [2.45, 2.75) is 6.92 Å². The Bertz CT molecular complexity index is 1580. The summed E-state index contributed by atoms with van der Waals surface area (Å²) < 4.78 is 21.6. The number of fused-ring (bicyclic) bond motifs is 1. The number of anilines is 1. The Balaban J connectivity index is 1.37. The van der Waals surface area contributed by atoms with Gasteiger partial charge >= 0.3 is 0 Å². The number of carbonyl (C=O) groups is 1. The van der Waals surface area contributed by atoms with Crippen LogP contribution in [0.2, 0.25) is 0 Å². The van der Waals surface area contributed by atoms with Crippen molar-refractivity contribution in [1.82, 2.24) is 24.5 Å². The number of H-pyrrole nitrogens is 1. The summed E-state index contributed by atoms with van der Waals surface area (Å²) in [5, 5.41) is 2.55. The second-order valence-corrected chi connectivity index (χ2v) is 7.41. The van der Waals surface area contributed by atoms with Gasteiger partial charge < -0.3 is 15.0 Å². The molecule has 0 aliphatic rings. The average molecular weight is 456 g/mol. The van der Waals surface area contributed by atoms with Gasteiger partial charge in [-0.05, 0) is 43.3 Å². The maximum atomic E-state index is 14.7. The van der Waals surface area contributed by atoms with E-state index in [1.54, 1.807) is 24.4 Å². The minimum atomic E-state index is -0.728. The highest BCUT2D eigenvalue weighted by Gasteiger charge is 2.16. The lowest BCUT2D eigenvalue weighted by Crippen LogP contribution is -2.27. The maximum Gasteiger partial charge on any atom is 0.267 e. The molecule has 168 valence electrons. The highest BCUT2D eigenvalue weighted by molar-refractivity contribution is 6.04. The quantitative estimate of drug-likeness (QED) is 0.413. The Morgan fingerprint density at radius 3 is 2.71 bits per heavy atom. The van der Waals surface area contributed by atoms with Gasteiger partial charge in [0.15, 0.2) is 17.2 Å². The topological polar surface area (TPSA) is 115 Å². The first-order valence-electron chi connectivity index (χ1n) is 10.2. The number of carbonyl (C=O) groups excluding carboxylic acids is 1. The van der Waals surface area contributed by atoms with Crippen LogP contribution in [-0.4, -0.2) is 30.4 Å². The van der Waals surface area contributed by atoms with Gasteiger partial charge in [-0.2, -0.15) is 4.98 Å². The SMILES string of the molecule is Cc1ccc(-n2cccc(C(=O)Nc3ccc(Oc4ncnc5nc[nH]c45)c(F)c3)c2=O)cc1. The number of imidazole rings is 1. The summed E-state index contributed by atoms with van der Waals surface area (Å²) in [5.74, 6) is -1.38. The Morgan fingerprint density at radius 1 is 1.09 bits per heavy atom. The van der Waals surface area contributed by atoms with Crippen molar-refractivity contribution in [3.05, 3.63) is 101 Å². The molecule has 2 N–H and O–H groups in total. The number of rotatable bonds is 5. The number of nitrogens with one attached hydrogen (secondary N) is 2. The van der Waals surface area contributed by atoms with Crippen LogP contribution in [0.4, 0.5) is 10.1 Å². The van der Waals surface area contributed by atoms with Crippen LogP contribution >= 0.6 is 0 Å².